The molecule has 2 aromatic heterocycles. The predicted molar refractivity (Wildman–Crippen MR) is 46.2 cm³/mol. The Labute approximate surface area is 73.7 Å². The number of nitrogens with zero attached hydrogens (tertiary/aromatic N) is 3. The molecule has 0 atom stereocenters. The van der Waals surface area contributed by atoms with Crippen LogP contribution >= 0.6 is 0 Å². The van der Waals surface area contributed by atoms with Gasteiger partial charge < -0.3 is 0 Å². The summed E-state index contributed by atoms with van der Waals surface area (Å²) in [6.45, 7) is 0. The van der Waals surface area contributed by atoms with Gasteiger partial charge in [0, 0.05) is 6.20 Å². The van der Waals surface area contributed by atoms with Gasteiger partial charge in [-0.2, -0.15) is 5.26 Å². The van der Waals surface area contributed by atoms with Crippen LogP contribution in [0.5, 0.6) is 0 Å². The van der Waals surface area contributed by atoms with Gasteiger partial charge in [-0.1, -0.05) is 6.07 Å². The van der Waals surface area contributed by atoms with Crippen molar-refractivity contribution < 1.29 is 0 Å². The maximum absolute atomic E-state index is 11.5. The summed E-state index contributed by atoms with van der Waals surface area (Å²) >= 11 is 0. The van der Waals surface area contributed by atoms with Crippen molar-refractivity contribution in [2.45, 2.75) is 0 Å². The third-order valence-corrected chi connectivity index (χ3v) is 1.73. The second kappa shape index (κ2) is 2.72. The molecule has 62 valence electrons. The van der Waals surface area contributed by atoms with Crippen molar-refractivity contribution in [2.24, 2.45) is 0 Å². The van der Waals surface area contributed by atoms with Crippen LogP contribution in [-0.2, 0) is 0 Å². The number of nitriles is 1. The zero-order chi connectivity index (χ0) is 9.26. The zero-order valence-electron chi connectivity index (χ0n) is 6.64. The fraction of sp³-hybridized carbons (Fsp3) is 0. The molecule has 0 aliphatic heterocycles. The van der Waals surface area contributed by atoms with E-state index in [9.17, 15) is 4.79 Å². The van der Waals surface area contributed by atoms with Crippen molar-refractivity contribution in [3.63, 3.8) is 0 Å². The molecule has 0 N–H and O–H groups in total. The minimum absolute atomic E-state index is 0.0590. The van der Waals surface area contributed by atoms with Gasteiger partial charge in [-0.25, -0.2) is 4.98 Å². The van der Waals surface area contributed by atoms with Gasteiger partial charge in [0.15, 0.2) is 0 Å². The first kappa shape index (κ1) is 7.50. The molecule has 0 aliphatic carbocycles. The minimum atomic E-state index is -0.326. The lowest BCUT2D eigenvalue weighted by Crippen LogP contribution is -2.16. The zero-order valence-corrected chi connectivity index (χ0v) is 6.64. The third-order valence-electron chi connectivity index (χ3n) is 1.73. The van der Waals surface area contributed by atoms with Crippen LogP contribution in [0.15, 0.2) is 35.4 Å². The normalized spacial score (nSPS) is 9.77. The molecule has 0 fully saturated rings. The smallest absolute Gasteiger partial charge is 0.267 e. The average Bonchev–Trinajstić information content (AvgIpc) is 2.19. The highest BCUT2D eigenvalue weighted by molar-refractivity contribution is 5.39. The first-order chi connectivity index (χ1) is 6.33. The van der Waals surface area contributed by atoms with E-state index < -0.39 is 0 Å². The Balaban J connectivity index is 2.98. The van der Waals surface area contributed by atoms with Crippen LogP contribution in [0.25, 0.3) is 5.65 Å². The number of rotatable bonds is 0. The van der Waals surface area contributed by atoms with E-state index in [1.165, 1.54) is 10.6 Å². The monoisotopic (exact) mass is 171 g/mol. The molecule has 4 nitrogen and oxygen atoms in total. The van der Waals surface area contributed by atoms with E-state index in [-0.39, 0.29) is 11.1 Å². The van der Waals surface area contributed by atoms with Crippen molar-refractivity contribution in [1.82, 2.24) is 9.38 Å². The van der Waals surface area contributed by atoms with Gasteiger partial charge in [-0.05, 0) is 12.1 Å². The molecule has 0 saturated heterocycles. The van der Waals surface area contributed by atoms with Crippen molar-refractivity contribution >= 4 is 5.65 Å². The first-order valence-corrected chi connectivity index (χ1v) is 3.69. The highest BCUT2D eigenvalue weighted by atomic mass is 16.1. The number of hydrogen-bond donors (Lipinski definition) is 0. The van der Waals surface area contributed by atoms with E-state index in [0.29, 0.717) is 5.65 Å². The number of aromatic nitrogens is 2. The summed E-state index contributed by atoms with van der Waals surface area (Å²) in [5.74, 6) is 0. The van der Waals surface area contributed by atoms with Crippen LogP contribution in [0.4, 0.5) is 0 Å². The van der Waals surface area contributed by atoms with Crippen molar-refractivity contribution in [1.29, 1.82) is 5.26 Å². The molecule has 0 aliphatic rings. The molecule has 2 heterocycles. The standard InChI is InChI=1S/C9H5N3O/c10-5-7-6-11-8-3-1-2-4-12(8)9(7)13/h1-4,6H. The van der Waals surface area contributed by atoms with Crippen LogP contribution in [0.3, 0.4) is 0 Å². The third kappa shape index (κ3) is 1.07. The van der Waals surface area contributed by atoms with Crippen molar-refractivity contribution in [3.05, 3.63) is 46.5 Å². The fourth-order valence-electron chi connectivity index (χ4n) is 1.10. The summed E-state index contributed by atoms with van der Waals surface area (Å²) in [5.41, 5.74) is 0.281. The van der Waals surface area contributed by atoms with E-state index in [1.54, 1.807) is 30.5 Å². The Morgan fingerprint density at radius 1 is 1.46 bits per heavy atom. The Hall–Kier alpha value is -2.15. The van der Waals surface area contributed by atoms with E-state index in [0.717, 1.165) is 0 Å². The molecule has 0 spiro atoms. The van der Waals surface area contributed by atoms with Crippen molar-refractivity contribution in [3.8, 4) is 6.07 Å². The van der Waals surface area contributed by atoms with Gasteiger partial charge in [-0.15, -0.1) is 0 Å². The minimum Gasteiger partial charge on any atom is -0.267 e. The average molecular weight is 171 g/mol. The number of pyridine rings is 1. The maximum atomic E-state index is 11.5. The van der Waals surface area contributed by atoms with Gasteiger partial charge in [0.2, 0.25) is 0 Å². The Morgan fingerprint density at radius 3 is 3.08 bits per heavy atom. The predicted octanol–water partition coefficient (Wildman–Crippen LogP) is 0.566. The van der Waals surface area contributed by atoms with Gasteiger partial charge >= 0.3 is 0 Å². The number of fused-ring (bicyclic) bond motifs is 1. The van der Waals surface area contributed by atoms with Crippen LogP contribution < -0.4 is 5.56 Å². The molecule has 2 aromatic rings. The summed E-state index contributed by atoms with van der Waals surface area (Å²) in [6, 6.07) is 7.01. The Bertz CT molecular complexity index is 551. The van der Waals surface area contributed by atoms with E-state index in [2.05, 4.69) is 4.98 Å². The summed E-state index contributed by atoms with van der Waals surface area (Å²) in [4.78, 5) is 15.4. The SMILES string of the molecule is N#Cc1cnc2ccccn2c1=O. The van der Waals surface area contributed by atoms with Crippen LogP contribution in [-0.4, -0.2) is 9.38 Å². The molecule has 2 rings (SSSR count). The molecule has 4 heteroatoms. The Morgan fingerprint density at radius 2 is 2.31 bits per heavy atom. The largest absolute Gasteiger partial charge is 0.275 e. The lowest BCUT2D eigenvalue weighted by atomic mass is 10.3. The van der Waals surface area contributed by atoms with Crippen LogP contribution in [0, 0.1) is 11.3 Å². The summed E-state index contributed by atoms with van der Waals surface area (Å²) in [5, 5.41) is 8.57. The molecule has 0 amide bonds. The Kier molecular flexibility index (Phi) is 1.57. The highest BCUT2D eigenvalue weighted by Gasteiger charge is 2.01. The van der Waals surface area contributed by atoms with Gasteiger partial charge in [0.25, 0.3) is 5.56 Å². The molecule has 0 aromatic carbocycles. The molecule has 0 unspecified atom stereocenters. The summed E-state index contributed by atoms with van der Waals surface area (Å²) in [6.07, 6.45) is 2.88. The lowest BCUT2D eigenvalue weighted by Gasteiger charge is -1.97. The second-order valence-electron chi connectivity index (χ2n) is 2.52. The molecule has 0 bridgehead atoms. The molecular formula is C9H5N3O. The lowest BCUT2D eigenvalue weighted by molar-refractivity contribution is 1.03. The highest BCUT2D eigenvalue weighted by Crippen LogP contribution is 1.95. The van der Waals surface area contributed by atoms with E-state index >= 15 is 0 Å². The molecular weight excluding hydrogens is 166 g/mol. The van der Waals surface area contributed by atoms with E-state index in [1.807, 2.05) is 0 Å². The quantitative estimate of drug-likeness (QED) is 0.582. The molecule has 0 radical (unpaired) electrons. The van der Waals surface area contributed by atoms with Crippen molar-refractivity contribution in [2.75, 3.05) is 0 Å². The van der Waals surface area contributed by atoms with Gasteiger partial charge in [-0.3, -0.25) is 9.20 Å². The number of hydrogen-bond acceptors (Lipinski definition) is 3. The fourth-order valence-corrected chi connectivity index (χ4v) is 1.10. The summed E-state index contributed by atoms with van der Waals surface area (Å²) in [7, 11) is 0. The van der Waals surface area contributed by atoms with Crippen LogP contribution in [0.2, 0.25) is 0 Å². The van der Waals surface area contributed by atoms with Crippen LogP contribution in [0.1, 0.15) is 5.56 Å². The maximum Gasteiger partial charge on any atom is 0.275 e. The topological polar surface area (TPSA) is 58.2 Å². The molecule has 13 heavy (non-hydrogen) atoms. The summed E-state index contributed by atoms with van der Waals surface area (Å²) < 4.78 is 1.35. The molecule has 0 saturated carbocycles. The second-order valence-corrected chi connectivity index (χ2v) is 2.52. The van der Waals surface area contributed by atoms with Gasteiger partial charge in [0.05, 0.1) is 6.20 Å². The van der Waals surface area contributed by atoms with E-state index in [4.69, 9.17) is 5.26 Å². The van der Waals surface area contributed by atoms with Gasteiger partial charge in [0.1, 0.15) is 17.3 Å². The first-order valence-electron chi connectivity index (χ1n) is 3.69.